The van der Waals surface area contributed by atoms with Crippen LogP contribution in [0.15, 0.2) is 12.1 Å². The van der Waals surface area contributed by atoms with Gasteiger partial charge in [-0.25, -0.2) is 0 Å². The fourth-order valence-corrected chi connectivity index (χ4v) is 3.32. The number of anilines is 1. The molecule has 0 bridgehead atoms. The molecule has 0 aliphatic carbocycles. The Kier molecular flexibility index (Phi) is 8.69. The maximum Gasteiger partial charge on any atom is 0.323 e. The average Bonchev–Trinajstić information content (AvgIpc) is 2.55. The van der Waals surface area contributed by atoms with Crippen molar-refractivity contribution in [2.45, 2.75) is 53.4 Å². The number of carboxylic acid groups (broad SMARTS) is 1. The van der Waals surface area contributed by atoms with Gasteiger partial charge in [-0.2, -0.15) is 0 Å². The van der Waals surface area contributed by atoms with Crippen LogP contribution >= 0.6 is 11.8 Å². The molecule has 0 spiro atoms. The summed E-state index contributed by atoms with van der Waals surface area (Å²) in [5, 5.41) is 9.18. The Labute approximate surface area is 153 Å². The van der Waals surface area contributed by atoms with Crippen molar-refractivity contribution in [3.8, 4) is 0 Å². The summed E-state index contributed by atoms with van der Waals surface area (Å²) in [4.78, 5) is 37.0. The molecule has 1 rings (SSSR count). The topological polar surface area (TPSA) is 74.7 Å². The van der Waals surface area contributed by atoms with Crippen molar-refractivity contribution in [1.29, 1.82) is 0 Å². The van der Waals surface area contributed by atoms with Crippen LogP contribution in [-0.2, 0) is 14.4 Å². The summed E-state index contributed by atoms with van der Waals surface area (Å²) < 4.78 is 0. The number of amides is 1. The quantitative estimate of drug-likeness (QED) is 0.672. The van der Waals surface area contributed by atoms with Gasteiger partial charge in [-0.1, -0.05) is 43.7 Å². The molecule has 1 aromatic carbocycles. The highest BCUT2D eigenvalue weighted by molar-refractivity contribution is 8.14. The van der Waals surface area contributed by atoms with Crippen molar-refractivity contribution < 1.29 is 19.5 Å². The number of thioether (sulfide) groups is 1. The van der Waals surface area contributed by atoms with E-state index in [0.29, 0.717) is 12.1 Å². The van der Waals surface area contributed by atoms with Gasteiger partial charge in [-0.3, -0.25) is 19.3 Å². The molecule has 0 aliphatic heterocycles. The zero-order chi connectivity index (χ0) is 19.0. The molecule has 0 radical (unpaired) electrons. The molecule has 0 saturated heterocycles. The van der Waals surface area contributed by atoms with Crippen LogP contribution in [-0.4, -0.2) is 34.4 Å². The number of aryl methyl sites for hydroxylation is 2. The van der Waals surface area contributed by atoms with Crippen LogP contribution in [0.4, 0.5) is 5.69 Å². The molecular weight excluding hydrogens is 338 g/mol. The van der Waals surface area contributed by atoms with Gasteiger partial charge in [-0.05, 0) is 43.9 Å². The average molecular weight is 365 g/mol. The minimum Gasteiger partial charge on any atom is -0.480 e. The number of benzene rings is 1. The first-order chi connectivity index (χ1) is 11.8. The van der Waals surface area contributed by atoms with Crippen LogP contribution in [0.25, 0.3) is 0 Å². The molecule has 0 aromatic heterocycles. The van der Waals surface area contributed by atoms with Gasteiger partial charge in [0, 0.05) is 6.42 Å². The predicted molar refractivity (Wildman–Crippen MR) is 102 cm³/mol. The Bertz CT molecular complexity index is 643. The van der Waals surface area contributed by atoms with Crippen molar-refractivity contribution in [1.82, 2.24) is 0 Å². The molecule has 25 heavy (non-hydrogen) atoms. The number of nitrogens with zero attached hydrogens (tertiary/aromatic N) is 1. The second kappa shape index (κ2) is 10.2. The third-order valence-electron chi connectivity index (χ3n) is 4.11. The van der Waals surface area contributed by atoms with E-state index in [-0.39, 0.29) is 16.8 Å². The predicted octanol–water partition coefficient (Wildman–Crippen LogP) is 3.87. The molecule has 1 N–H and O–H groups in total. The third kappa shape index (κ3) is 6.53. The minimum atomic E-state index is -1.08. The number of hydrogen-bond donors (Lipinski definition) is 1. The highest BCUT2D eigenvalue weighted by atomic mass is 32.2. The molecule has 0 fully saturated rings. The second-order valence-electron chi connectivity index (χ2n) is 6.16. The first-order valence-electron chi connectivity index (χ1n) is 8.52. The van der Waals surface area contributed by atoms with E-state index in [1.165, 1.54) is 4.90 Å². The number of unbranched alkanes of at least 4 members (excludes halogenated alkanes) is 2. The largest absolute Gasteiger partial charge is 0.480 e. The van der Waals surface area contributed by atoms with Crippen LogP contribution in [0, 0.1) is 20.8 Å². The molecule has 1 amide bonds. The molecule has 0 unspecified atom stereocenters. The second-order valence-corrected chi connectivity index (χ2v) is 7.20. The van der Waals surface area contributed by atoms with Gasteiger partial charge in [-0.15, -0.1) is 0 Å². The Morgan fingerprint density at radius 2 is 1.72 bits per heavy atom. The molecule has 0 aliphatic rings. The Morgan fingerprint density at radius 3 is 2.32 bits per heavy atom. The maximum absolute atomic E-state index is 12.6. The van der Waals surface area contributed by atoms with Crippen LogP contribution in [0.2, 0.25) is 0 Å². The molecule has 0 saturated carbocycles. The molecule has 1 aromatic rings. The van der Waals surface area contributed by atoms with E-state index in [1.54, 1.807) is 0 Å². The van der Waals surface area contributed by atoms with Gasteiger partial charge in [0.2, 0.25) is 5.91 Å². The van der Waals surface area contributed by atoms with Crippen molar-refractivity contribution >= 4 is 34.4 Å². The lowest BCUT2D eigenvalue weighted by atomic mass is 10.0. The Balaban J connectivity index is 2.89. The Morgan fingerprint density at radius 1 is 1.08 bits per heavy atom. The number of carboxylic acids is 1. The highest BCUT2D eigenvalue weighted by Gasteiger charge is 2.23. The summed E-state index contributed by atoms with van der Waals surface area (Å²) in [6.07, 6.45) is 3.31. The van der Waals surface area contributed by atoms with Gasteiger partial charge in [0.05, 0.1) is 11.4 Å². The number of aliphatic carboxylic acids is 1. The summed E-state index contributed by atoms with van der Waals surface area (Å²) in [6.45, 7) is 7.31. The number of carbonyl (C=O) groups is 3. The minimum absolute atomic E-state index is 0.0187. The van der Waals surface area contributed by atoms with E-state index in [2.05, 4.69) is 6.92 Å². The zero-order valence-electron chi connectivity index (χ0n) is 15.4. The standard InChI is InChI=1S/C19H27NO4S/c1-5-6-7-8-18(24)25-12-16(21)20(11-17(22)23)19-14(3)10-9-13(2)15(19)4/h9-10H,5-8,11-12H2,1-4H3,(H,22,23). The highest BCUT2D eigenvalue weighted by Crippen LogP contribution is 2.28. The van der Waals surface area contributed by atoms with E-state index in [9.17, 15) is 19.5 Å². The number of carbonyl (C=O) groups excluding carboxylic acids is 2. The summed E-state index contributed by atoms with van der Waals surface area (Å²) in [5.41, 5.74) is 3.35. The van der Waals surface area contributed by atoms with Crippen LogP contribution < -0.4 is 4.90 Å². The zero-order valence-corrected chi connectivity index (χ0v) is 16.2. The van der Waals surface area contributed by atoms with Crippen molar-refractivity contribution in [2.75, 3.05) is 17.2 Å². The first-order valence-corrected chi connectivity index (χ1v) is 9.51. The van der Waals surface area contributed by atoms with Crippen molar-refractivity contribution in [3.63, 3.8) is 0 Å². The van der Waals surface area contributed by atoms with Gasteiger partial charge in [0.15, 0.2) is 5.12 Å². The number of hydrogen-bond acceptors (Lipinski definition) is 4. The van der Waals surface area contributed by atoms with E-state index in [0.717, 1.165) is 47.7 Å². The van der Waals surface area contributed by atoms with Gasteiger partial charge < -0.3 is 5.11 Å². The van der Waals surface area contributed by atoms with E-state index < -0.39 is 12.5 Å². The smallest absolute Gasteiger partial charge is 0.323 e. The van der Waals surface area contributed by atoms with Crippen molar-refractivity contribution in [3.05, 3.63) is 28.8 Å². The van der Waals surface area contributed by atoms with E-state index in [4.69, 9.17) is 0 Å². The fraction of sp³-hybridized carbons (Fsp3) is 0.526. The van der Waals surface area contributed by atoms with E-state index >= 15 is 0 Å². The molecule has 0 heterocycles. The summed E-state index contributed by atoms with van der Waals surface area (Å²) >= 11 is 0.978. The summed E-state index contributed by atoms with van der Waals surface area (Å²) in [5.74, 6) is -1.47. The van der Waals surface area contributed by atoms with Gasteiger partial charge in [0.1, 0.15) is 6.54 Å². The molecule has 0 atom stereocenters. The lowest BCUT2D eigenvalue weighted by Gasteiger charge is -2.25. The Hall–Kier alpha value is -1.82. The third-order valence-corrected chi connectivity index (χ3v) is 5.03. The van der Waals surface area contributed by atoms with Crippen LogP contribution in [0.1, 0.15) is 49.3 Å². The van der Waals surface area contributed by atoms with Crippen LogP contribution in [0.5, 0.6) is 0 Å². The number of rotatable bonds is 9. The molecule has 5 nitrogen and oxygen atoms in total. The van der Waals surface area contributed by atoms with Crippen molar-refractivity contribution in [2.24, 2.45) is 0 Å². The molecule has 6 heteroatoms. The fourth-order valence-electron chi connectivity index (χ4n) is 2.59. The monoisotopic (exact) mass is 365 g/mol. The normalized spacial score (nSPS) is 10.6. The lowest BCUT2D eigenvalue weighted by molar-refractivity contribution is -0.136. The molecular formula is C19H27NO4S. The van der Waals surface area contributed by atoms with Gasteiger partial charge >= 0.3 is 5.97 Å². The first kappa shape index (κ1) is 21.2. The summed E-state index contributed by atoms with van der Waals surface area (Å²) in [6, 6.07) is 3.83. The maximum atomic E-state index is 12.6. The van der Waals surface area contributed by atoms with Gasteiger partial charge in [0.25, 0.3) is 0 Å². The summed E-state index contributed by atoms with van der Waals surface area (Å²) in [7, 11) is 0. The van der Waals surface area contributed by atoms with Crippen LogP contribution in [0.3, 0.4) is 0 Å². The lowest BCUT2D eigenvalue weighted by Crippen LogP contribution is -2.38. The van der Waals surface area contributed by atoms with E-state index in [1.807, 2.05) is 32.9 Å². The SMILES string of the molecule is CCCCCC(=O)SCC(=O)N(CC(=O)O)c1c(C)ccc(C)c1C. The molecule has 138 valence electrons.